The van der Waals surface area contributed by atoms with E-state index in [1.807, 2.05) is 50.2 Å². The molecule has 0 aliphatic heterocycles. The molecular formula is C15H15Br2NO. The van der Waals surface area contributed by atoms with Crippen LogP contribution in [0.5, 0.6) is 11.5 Å². The van der Waals surface area contributed by atoms with Crippen LogP contribution in [0.4, 0.5) is 0 Å². The van der Waals surface area contributed by atoms with Crippen LogP contribution in [0.15, 0.2) is 45.3 Å². The Hall–Kier alpha value is -0.840. The van der Waals surface area contributed by atoms with Crippen molar-refractivity contribution in [2.75, 3.05) is 0 Å². The van der Waals surface area contributed by atoms with E-state index < -0.39 is 0 Å². The number of nitrogens with two attached hydrogens (primary N) is 1. The minimum absolute atomic E-state index is 0.0141. The van der Waals surface area contributed by atoms with Gasteiger partial charge in [-0.05, 0) is 71.2 Å². The number of rotatable bonds is 3. The molecule has 2 N–H and O–H groups in total. The van der Waals surface area contributed by atoms with Crippen LogP contribution in [0.1, 0.15) is 24.1 Å². The van der Waals surface area contributed by atoms with E-state index in [1.54, 1.807) is 0 Å². The molecule has 2 rings (SSSR count). The van der Waals surface area contributed by atoms with Gasteiger partial charge in [-0.3, -0.25) is 0 Å². The van der Waals surface area contributed by atoms with Crippen LogP contribution in [0, 0.1) is 6.92 Å². The number of benzene rings is 2. The molecule has 0 aliphatic rings. The first-order valence-corrected chi connectivity index (χ1v) is 7.55. The molecule has 0 aromatic heterocycles. The summed E-state index contributed by atoms with van der Waals surface area (Å²) in [5.41, 5.74) is 8.07. The molecule has 100 valence electrons. The van der Waals surface area contributed by atoms with Crippen LogP contribution in [0.2, 0.25) is 0 Å². The van der Waals surface area contributed by atoms with E-state index in [1.165, 1.54) is 0 Å². The van der Waals surface area contributed by atoms with E-state index in [0.717, 1.165) is 31.6 Å². The molecule has 0 spiro atoms. The second kappa shape index (κ2) is 6.07. The van der Waals surface area contributed by atoms with E-state index in [4.69, 9.17) is 10.5 Å². The summed E-state index contributed by atoms with van der Waals surface area (Å²) in [5.74, 6) is 1.60. The number of halogens is 2. The van der Waals surface area contributed by atoms with Gasteiger partial charge in [-0.1, -0.05) is 22.0 Å². The van der Waals surface area contributed by atoms with Crippen molar-refractivity contribution in [1.82, 2.24) is 0 Å². The van der Waals surface area contributed by atoms with Crippen LogP contribution in [0.25, 0.3) is 0 Å². The molecule has 1 atom stereocenters. The number of ether oxygens (including phenoxy) is 1. The first kappa shape index (κ1) is 14.6. The maximum atomic E-state index is 5.87. The highest BCUT2D eigenvalue weighted by atomic mass is 79.9. The Kier molecular flexibility index (Phi) is 4.66. The lowest BCUT2D eigenvalue weighted by Gasteiger charge is -2.12. The molecule has 2 nitrogen and oxygen atoms in total. The monoisotopic (exact) mass is 383 g/mol. The van der Waals surface area contributed by atoms with Gasteiger partial charge in [0.2, 0.25) is 0 Å². The van der Waals surface area contributed by atoms with Crippen molar-refractivity contribution >= 4 is 31.9 Å². The first-order valence-electron chi connectivity index (χ1n) is 5.96. The predicted molar refractivity (Wildman–Crippen MR) is 85.7 cm³/mol. The molecule has 0 saturated carbocycles. The molecule has 0 radical (unpaired) electrons. The summed E-state index contributed by atoms with van der Waals surface area (Å²) in [5, 5.41) is 0. The van der Waals surface area contributed by atoms with E-state index in [-0.39, 0.29) is 6.04 Å². The van der Waals surface area contributed by atoms with Gasteiger partial charge < -0.3 is 10.5 Å². The Morgan fingerprint density at radius 2 is 1.79 bits per heavy atom. The van der Waals surface area contributed by atoms with Crippen molar-refractivity contribution < 1.29 is 4.74 Å². The van der Waals surface area contributed by atoms with Crippen LogP contribution in [-0.2, 0) is 0 Å². The molecule has 0 aliphatic carbocycles. The average Bonchev–Trinajstić information content (AvgIpc) is 2.36. The lowest BCUT2D eigenvalue weighted by Crippen LogP contribution is -2.04. The topological polar surface area (TPSA) is 35.2 Å². The largest absolute Gasteiger partial charge is 0.456 e. The fourth-order valence-electron chi connectivity index (χ4n) is 1.69. The Balaban J connectivity index is 2.25. The molecule has 2 aromatic rings. The zero-order valence-electron chi connectivity index (χ0n) is 10.8. The Bertz CT molecular complexity index is 597. The van der Waals surface area contributed by atoms with E-state index in [9.17, 15) is 0 Å². The standard InChI is InChI=1S/C15H15Br2NO/c1-9-7-12(4-5-13(9)16)19-15-6-3-11(10(2)18)8-14(15)17/h3-8,10H,18H2,1-2H3. The zero-order valence-corrected chi connectivity index (χ0v) is 14.0. The van der Waals surface area contributed by atoms with Gasteiger partial charge in [0, 0.05) is 10.5 Å². The molecule has 2 aromatic carbocycles. The van der Waals surface area contributed by atoms with Gasteiger partial charge in [-0.2, -0.15) is 0 Å². The highest BCUT2D eigenvalue weighted by Crippen LogP contribution is 2.32. The lowest BCUT2D eigenvalue weighted by atomic mass is 10.1. The third kappa shape index (κ3) is 3.59. The smallest absolute Gasteiger partial charge is 0.141 e. The van der Waals surface area contributed by atoms with Crippen molar-refractivity contribution in [3.05, 3.63) is 56.5 Å². The highest BCUT2D eigenvalue weighted by Gasteiger charge is 2.07. The summed E-state index contributed by atoms with van der Waals surface area (Å²) < 4.78 is 7.85. The van der Waals surface area contributed by atoms with Crippen molar-refractivity contribution in [2.45, 2.75) is 19.9 Å². The van der Waals surface area contributed by atoms with Crippen LogP contribution in [-0.4, -0.2) is 0 Å². The minimum atomic E-state index is 0.0141. The summed E-state index contributed by atoms with van der Waals surface area (Å²) >= 11 is 6.99. The number of hydrogen-bond donors (Lipinski definition) is 1. The van der Waals surface area contributed by atoms with Gasteiger partial charge in [0.25, 0.3) is 0 Å². The van der Waals surface area contributed by atoms with Crippen LogP contribution in [0.3, 0.4) is 0 Å². The zero-order chi connectivity index (χ0) is 14.0. The summed E-state index contributed by atoms with van der Waals surface area (Å²) in [7, 11) is 0. The second-order valence-corrected chi connectivity index (χ2v) is 6.20. The molecule has 0 fully saturated rings. The van der Waals surface area contributed by atoms with Crippen LogP contribution >= 0.6 is 31.9 Å². The van der Waals surface area contributed by atoms with E-state index in [0.29, 0.717) is 0 Å². The summed E-state index contributed by atoms with van der Waals surface area (Å²) in [6.07, 6.45) is 0. The van der Waals surface area contributed by atoms with Gasteiger partial charge in [0.1, 0.15) is 11.5 Å². The summed E-state index contributed by atoms with van der Waals surface area (Å²) in [6.45, 7) is 3.99. The van der Waals surface area contributed by atoms with E-state index in [2.05, 4.69) is 31.9 Å². The lowest BCUT2D eigenvalue weighted by molar-refractivity contribution is 0.478. The quantitative estimate of drug-likeness (QED) is 0.775. The van der Waals surface area contributed by atoms with E-state index >= 15 is 0 Å². The average molecular weight is 385 g/mol. The molecule has 19 heavy (non-hydrogen) atoms. The molecule has 0 bridgehead atoms. The molecular weight excluding hydrogens is 370 g/mol. The summed E-state index contributed by atoms with van der Waals surface area (Å²) in [6, 6.07) is 11.8. The molecule has 0 saturated heterocycles. The van der Waals surface area contributed by atoms with Crippen molar-refractivity contribution in [3.8, 4) is 11.5 Å². The molecule has 1 unspecified atom stereocenters. The second-order valence-electron chi connectivity index (χ2n) is 4.49. The van der Waals surface area contributed by atoms with Crippen molar-refractivity contribution in [1.29, 1.82) is 0 Å². The SMILES string of the molecule is Cc1cc(Oc2ccc(C(C)N)cc2Br)ccc1Br. The maximum absolute atomic E-state index is 5.87. The molecule has 0 amide bonds. The molecule has 4 heteroatoms. The fraction of sp³-hybridized carbons (Fsp3) is 0.200. The Labute approximate surface area is 130 Å². The Morgan fingerprint density at radius 1 is 1.05 bits per heavy atom. The predicted octanol–water partition coefficient (Wildman–Crippen LogP) is 5.33. The van der Waals surface area contributed by atoms with Gasteiger partial charge in [0.15, 0.2) is 0 Å². The van der Waals surface area contributed by atoms with Gasteiger partial charge in [-0.25, -0.2) is 0 Å². The normalized spacial score (nSPS) is 12.3. The Morgan fingerprint density at radius 3 is 2.37 bits per heavy atom. The highest BCUT2D eigenvalue weighted by molar-refractivity contribution is 9.10. The third-order valence-corrected chi connectivity index (χ3v) is 4.35. The first-order chi connectivity index (χ1) is 8.97. The van der Waals surface area contributed by atoms with Crippen molar-refractivity contribution in [2.24, 2.45) is 5.73 Å². The fourth-order valence-corrected chi connectivity index (χ4v) is 2.41. The van der Waals surface area contributed by atoms with Gasteiger partial charge >= 0.3 is 0 Å². The summed E-state index contributed by atoms with van der Waals surface area (Å²) in [4.78, 5) is 0. The third-order valence-electron chi connectivity index (χ3n) is 2.84. The van der Waals surface area contributed by atoms with Crippen LogP contribution < -0.4 is 10.5 Å². The van der Waals surface area contributed by atoms with Gasteiger partial charge in [-0.15, -0.1) is 0 Å². The number of aryl methyl sites for hydroxylation is 1. The number of hydrogen-bond acceptors (Lipinski definition) is 2. The maximum Gasteiger partial charge on any atom is 0.141 e. The van der Waals surface area contributed by atoms with Gasteiger partial charge in [0.05, 0.1) is 4.47 Å². The minimum Gasteiger partial charge on any atom is -0.456 e. The van der Waals surface area contributed by atoms with Crippen molar-refractivity contribution in [3.63, 3.8) is 0 Å². The molecule has 0 heterocycles.